The fraction of sp³-hybridized carbons (Fsp3) is 0.333. The molecule has 0 radical (unpaired) electrons. The Bertz CT molecular complexity index is 901. The molecular formula is C21H20Cl2N2O4. The molecule has 1 N–H and O–H groups in total. The number of hydrogen-bond donors (Lipinski definition) is 1. The van der Waals surface area contributed by atoms with Gasteiger partial charge in [0.1, 0.15) is 12.4 Å². The Morgan fingerprint density at radius 3 is 2.07 bits per heavy atom. The van der Waals surface area contributed by atoms with E-state index in [1.165, 1.54) is 12.1 Å². The number of halogens is 2. The van der Waals surface area contributed by atoms with Gasteiger partial charge in [0.05, 0.1) is 0 Å². The normalized spacial score (nSPS) is 20.6. The van der Waals surface area contributed by atoms with E-state index >= 15 is 0 Å². The fourth-order valence-electron chi connectivity index (χ4n) is 4.03. The molecule has 0 aromatic heterocycles. The highest BCUT2D eigenvalue weighted by molar-refractivity contribution is 6.34. The number of rotatable bonds is 3. The van der Waals surface area contributed by atoms with Crippen LogP contribution in [0.2, 0.25) is 10.0 Å². The van der Waals surface area contributed by atoms with Crippen LogP contribution in [0.3, 0.4) is 0 Å². The van der Waals surface area contributed by atoms with Crippen molar-refractivity contribution in [1.29, 1.82) is 0 Å². The summed E-state index contributed by atoms with van der Waals surface area (Å²) in [4.78, 5) is 28.6. The smallest absolute Gasteiger partial charge is 0.410 e. The Kier molecular flexibility index (Phi) is 5.56. The monoisotopic (exact) mass is 434 g/mol. The molecule has 0 unspecified atom stereocenters. The van der Waals surface area contributed by atoms with Gasteiger partial charge >= 0.3 is 6.09 Å². The predicted molar refractivity (Wildman–Crippen MR) is 109 cm³/mol. The third kappa shape index (κ3) is 4.43. The highest BCUT2D eigenvalue weighted by atomic mass is 35.5. The molecule has 2 atom stereocenters. The van der Waals surface area contributed by atoms with Gasteiger partial charge < -0.3 is 19.6 Å². The highest BCUT2D eigenvalue weighted by Crippen LogP contribution is 2.32. The molecule has 29 heavy (non-hydrogen) atoms. The molecule has 0 saturated carbocycles. The third-order valence-corrected chi connectivity index (χ3v) is 5.87. The summed E-state index contributed by atoms with van der Waals surface area (Å²) in [6.07, 6.45) is -0.369. The average Bonchev–Trinajstić information content (AvgIpc) is 3.25. The lowest BCUT2D eigenvalue weighted by atomic mass is 10.0. The van der Waals surface area contributed by atoms with Crippen LogP contribution in [0.4, 0.5) is 4.79 Å². The van der Waals surface area contributed by atoms with Crippen LogP contribution < -0.4 is 0 Å². The molecule has 4 rings (SSSR count). The second-order valence-corrected chi connectivity index (χ2v) is 8.39. The minimum atomic E-state index is -0.369. The number of carbonyl (C=O) groups excluding carboxylic acids is 2. The standard InChI is InChI=1S/C21H20Cl2N2O4/c22-17-5-13(6-18(23)7-17)12-29-21(28)25-10-15-8-24(9-16(15)11-25)20(27)14-1-3-19(26)4-2-14/h1-7,15-16,26H,8-12H2/t15-,16+. The van der Waals surface area contributed by atoms with E-state index in [1.807, 2.05) is 4.90 Å². The molecule has 6 nitrogen and oxygen atoms in total. The number of carbonyl (C=O) groups is 2. The molecule has 2 fully saturated rings. The van der Waals surface area contributed by atoms with E-state index in [9.17, 15) is 14.7 Å². The Morgan fingerprint density at radius 2 is 1.48 bits per heavy atom. The van der Waals surface area contributed by atoms with Crippen LogP contribution in [0.15, 0.2) is 42.5 Å². The minimum Gasteiger partial charge on any atom is -0.508 e. The topological polar surface area (TPSA) is 70.1 Å². The molecule has 2 aromatic rings. The van der Waals surface area contributed by atoms with Gasteiger partial charge in [0.25, 0.3) is 5.91 Å². The van der Waals surface area contributed by atoms with Crippen molar-refractivity contribution in [2.75, 3.05) is 26.2 Å². The number of ether oxygens (including phenoxy) is 1. The van der Waals surface area contributed by atoms with E-state index in [4.69, 9.17) is 27.9 Å². The molecule has 152 valence electrons. The van der Waals surface area contributed by atoms with E-state index in [0.29, 0.717) is 41.8 Å². The van der Waals surface area contributed by atoms with E-state index in [0.717, 1.165) is 5.56 Å². The Morgan fingerprint density at radius 1 is 0.931 bits per heavy atom. The molecule has 0 spiro atoms. The Hall–Kier alpha value is -2.44. The first-order valence-corrected chi connectivity index (χ1v) is 10.1. The zero-order valence-corrected chi connectivity index (χ0v) is 17.1. The zero-order valence-electron chi connectivity index (χ0n) is 15.6. The molecule has 2 aromatic carbocycles. The third-order valence-electron chi connectivity index (χ3n) is 5.43. The maximum Gasteiger partial charge on any atom is 0.410 e. The molecule has 2 heterocycles. The first-order valence-electron chi connectivity index (χ1n) is 9.34. The first-order chi connectivity index (χ1) is 13.9. The Labute approximate surface area is 178 Å². The van der Waals surface area contributed by atoms with Gasteiger partial charge in [-0.3, -0.25) is 4.79 Å². The molecule has 2 saturated heterocycles. The van der Waals surface area contributed by atoms with Crippen LogP contribution in [0.25, 0.3) is 0 Å². The zero-order chi connectivity index (χ0) is 20.5. The van der Waals surface area contributed by atoms with Crippen LogP contribution >= 0.6 is 23.2 Å². The van der Waals surface area contributed by atoms with Gasteiger partial charge in [-0.15, -0.1) is 0 Å². The summed E-state index contributed by atoms with van der Waals surface area (Å²) >= 11 is 11.9. The molecule has 0 aliphatic carbocycles. The van der Waals surface area contributed by atoms with Crippen molar-refractivity contribution in [3.05, 3.63) is 63.6 Å². The van der Waals surface area contributed by atoms with Gasteiger partial charge in [-0.1, -0.05) is 23.2 Å². The van der Waals surface area contributed by atoms with Crippen LogP contribution in [-0.2, 0) is 11.3 Å². The SMILES string of the molecule is O=C(OCc1cc(Cl)cc(Cl)c1)N1C[C@@H]2CN(C(=O)c3ccc(O)cc3)C[C@@H]2C1. The summed E-state index contributed by atoms with van der Waals surface area (Å²) in [5, 5.41) is 10.4. The van der Waals surface area contributed by atoms with Gasteiger partial charge in [0.15, 0.2) is 0 Å². The molecular weight excluding hydrogens is 415 g/mol. The molecule has 2 amide bonds. The van der Waals surface area contributed by atoms with E-state index in [2.05, 4.69) is 0 Å². The number of nitrogens with zero attached hydrogens (tertiary/aromatic N) is 2. The number of hydrogen-bond acceptors (Lipinski definition) is 4. The van der Waals surface area contributed by atoms with Gasteiger partial charge in [-0.05, 0) is 48.0 Å². The van der Waals surface area contributed by atoms with Crippen LogP contribution in [-0.4, -0.2) is 53.1 Å². The van der Waals surface area contributed by atoms with Gasteiger partial charge in [-0.2, -0.15) is 0 Å². The highest BCUT2D eigenvalue weighted by Gasteiger charge is 2.43. The second kappa shape index (κ2) is 8.13. The lowest BCUT2D eigenvalue weighted by molar-refractivity contribution is 0.0764. The quantitative estimate of drug-likeness (QED) is 0.790. The van der Waals surface area contributed by atoms with Crippen molar-refractivity contribution >= 4 is 35.2 Å². The average molecular weight is 435 g/mol. The number of fused-ring (bicyclic) bond motifs is 1. The number of amides is 2. The Balaban J connectivity index is 1.30. The van der Waals surface area contributed by atoms with Crippen LogP contribution in [0.1, 0.15) is 15.9 Å². The van der Waals surface area contributed by atoms with Crippen LogP contribution in [0, 0.1) is 11.8 Å². The van der Waals surface area contributed by atoms with E-state index < -0.39 is 0 Å². The summed E-state index contributed by atoms with van der Waals surface area (Å²) < 4.78 is 5.41. The maximum atomic E-state index is 12.6. The second-order valence-electron chi connectivity index (χ2n) is 7.51. The molecule has 2 aliphatic heterocycles. The lowest BCUT2D eigenvalue weighted by Crippen LogP contribution is -2.35. The number of benzene rings is 2. The summed E-state index contributed by atoms with van der Waals surface area (Å²) in [5.74, 6) is 0.564. The van der Waals surface area contributed by atoms with E-state index in [1.54, 1.807) is 35.2 Å². The number of likely N-dealkylation sites (tertiary alicyclic amines) is 2. The summed E-state index contributed by atoms with van der Waals surface area (Å²) in [5.41, 5.74) is 1.29. The van der Waals surface area contributed by atoms with Crippen molar-refractivity contribution in [1.82, 2.24) is 9.80 Å². The molecule has 2 aliphatic rings. The van der Waals surface area contributed by atoms with Gasteiger partial charge in [-0.25, -0.2) is 4.79 Å². The first kappa shape index (κ1) is 19.9. The predicted octanol–water partition coefficient (Wildman–Crippen LogP) is 4.04. The maximum absolute atomic E-state index is 12.6. The lowest BCUT2D eigenvalue weighted by Gasteiger charge is -2.21. The molecule has 8 heteroatoms. The van der Waals surface area contributed by atoms with Gasteiger partial charge in [0, 0.05) is 53.6 Å². The van der Waals surface area contributed by atoms with Gasteiger partial charge in [0.2, 0.25) is 0 Å². The largest absolute Gasteiger partial charge is 0.508 e. The fourth-order valence-corrected chi connectivity index (χ4v) is 4.60. The van der Waals surface area contributed by atoms with Crippen molar-refractivity contribution in [2.24, 2.45) is 11.8 Å². The summed E-state index contributed by atoms with van der Waals surface area (Å²) in [7, 11) is 0. The minimum absolute atomic E-state index is 0.0497. The number of phenolic OH excluding ortho intramolecular Hbond substituents is 1. The van der Waals surface area contributed by atoms with Crippen LogP contribution in [0.5, 0.6) is 5.75 Å². The van der Waals surface area contributed by atoms with Crippen molar-refractivity contribution < 1.29 is 19.4 Å². The summed E-state index contributed by atoms with van der Waals surface area (Å²) in [6, 6.07) is 11.3. The van der Waals surface area contributed by atoms with Crippen molar-refractivity contribution in [2.45, 2.75) is 6.61 Å². The van der Waals surface area contributed by atoms with E-state index in [-0.39, 0.29) is 36.2 Å². The van der Waals surface area contributed by atoms with Crippen molar-refractivity contribution in [3.63, 3.8) is 0 Å². The number of aromatic hydroxyl groups is 1. The number of phenols is 1. The molecule has 0 bridgehead atoms. The van der Waals surface area contributed by atoms with Crippen molar-refractivity contribution in [3.8, 4) is 5.75 Å². The summed E-state index contributed by atoms with van der Waals surface area (Å²) in [6.45, 7) is 2.46.